The van der Waals surface area contributed by atoms with Gasteiger partial charge >= 0.3 is 29.6 Å². The fraction of sp³-hybridized carbons (Fsp3) is 0.333. The zero-order valence-electron chi connectivity index (χ0n) is 11.9. The van der Waals surface area contributed by atoms with E-state index in [0.29, 0.717) is 10.6 Å². The maximum absolute atomic E-state index is 11.7. The average molecular weight is 317 g/mol. The molecule has 0 radical (unpaired) electrons. The van der Waals surface area contributed by atoms with E-state index < -0.39 is 23.1 Å². The van der Waals surface area contributed by atoms with Gasteiger partial charge in [-0.05, 0) is 18.1 Å². The molecule has 0 spiro atoms. The molecule has 1 N–H and O–H groups in total. The summed E-state index contributed by atoms with van der Waals surface area (Å²) >= 11 is 6.12. The van der Waals surface area contributed by atoms with Crippen molar-refractivity contribution < 1.29 is 49.4 Å². The van der Waals surface area contributed by atoms with Gasteiger partial charge in [0.25, 0.3) is 0 Å². The second-order valence-electron chi connectivity index (χ2n) is 4.89. The van der Waals surface area contributed by atoms with Gasteiger partial charge in [-0.2, -0.15) is 0 Å². The summed E-state index contributed by atoms with van der Waals surface area (Å²) in [7, 11) is 0. The Morgan fingerprint density at radius 1 is 1.48 bits per heavy atom. The van der Waals surface area contributed by atoms with Crippen molar-refractivity contribution in [2.24, 2.45) is 5.41 Å². The molecule has 0 fully saturated rings. The van der Waals surface area contributed by atoms with Crippen LogP contribution < -0.4 is 34.7 Å². The molecule has 6 heteroatoms. The largest absolute Gasteiger partial charge is 1.00 e. The number of hydrogen-bond acceptors (Lipinski definition) is 4. The number of hydrogen-bond donors (Lipinski definition) is 1. The number of allylic oxidation sites excluding steroid dienone is 1. The zero-order chi connectivity index (χ0) is 14.9. The number of rotatable bonds is 3. The van der Waals surface area contributed by atoms with Gasteiger partial charge in [0.1, 0.15) is 5.76 Å². The fourth-order valence-corrected chi connectivity index (χ4v) is 3.11. The molecule has 0 heterocycles. The van der Waals surface area contributed by atoms with Crippen LogP contribution in [0.15, 0.2) is 36.1 Å². The minimum Gasteiger partial charge on any atom is -0.549 e. The molecular formula is C15H14ClNaO4. The van der Waals surface area contributed by atoms with Gasteiger partial charge < -0.3 is 15.0 Å². The summed E-state index contributed by atoms with van der Waals surface area (Å²) in [6, 6.07) is 6.74. The van der Waals surface area contributed by atoms with Gasteiger partial charge in [0.15, 0.2) is 5.78 Å². The summed E-state index contributed by atoms with van der Waals surface area (Å²) in [6.45, 7) is 1.64. The predicted octanol–water partition coefficient (Wildman–Crippen LogP) is -1.01. The Morgan fingerprint density at radius 3 is 2.62 bits per heavy atom. The van der Waals surface area contributed by atoms with Crippen LogP contribution in [0.2, 0.25) is 5.02 Å². The van der Waals surface area contributed by atoms with Gasteiger partial charge in [0.2, 0.25) is 0 Å². The summed E-state index contributed by atoms with van der Waals surface area (Å²) in [5.41, 5.74) is -1.08. The molecular weight excluding hydrogens is 303 g/mol. The van der Waals surface area contributed by atoms with Crippen molar-refractivity contribution in [3.63, 3.8) is 0 Å². The summed E-state index contributed by atoms with van der Waals surface area (Å²) in [4.78, 5) is 23.4. The van der Waals surface area contributed by atoms with Crippen LogP contribution in [0.5, 0.6) is 0 Å². The number of carboxylic acids is 1. The molecule has 1 aliphatic carbocycles. The van der Waals surface area contributed by atoms with Crippen LogP contribution in [0.4, 0.5) is 0 Å². The van der Waals surface area contributed by atoms with Gasteiger partial charge in [-0.15, -0.1) is 0 Å². The Morgan fingerprint density at radius 2 is 2.10 bits per heavy atom. The molecule has 1 aliphatic rings. The minimum atomic E-state index is -1.61. The number of carboxylic acid groups (broad SMARTS) is 1. The van der Waals surface area contributed by atoms with E-state index in [4.69, 9.17) is 11.6 Å². The molecule has 2 atom stereocenters. The van der Waals surface area contributed by atoms with Gasteiger partial charge in [-0.3, -0.25) is 4.79 Å². The summed E-state index contributed by atoms with van der Waals surface area (Å²) in [6.07, 6.45) is 1.07. The van der Waals surface area contributed by atoms with E-state index in [2.05, 4.69) is 0 Å². The standard InChI is InChI=1S/C15H15ClO4.Na/c1-2-15(14(19)20)11(7-9(17)8-13(15)18)10-5-3-4-6-12(10)16;/h3-6,8,11,18H,2,7H2,1H3,(H,19,20);/q;+1/p-1. The summed E-state index contributed by atoms with van der Waals surface area (Å²) in [5.74, 6) is -2.91. The van der Waals surface area contributed by atoms with E-state index in [1.165, 1.54) is 0 Å². The molecule has 0 saturated heterocycles. The summed E-state index contributed by atoms with van der Waals surface area (Å²) in [5, 5.41) is 22.1. The summed E-state index contributed by atoms with van der Waals surface area (Å²) < 4.78 is 0. The third kappa shape index (κ3) is 3.04. The van der Waals surface area contributed by atoms with Crippen LogP contribution in [-0.4, -0.2) is 16.9 Å². The fourth-order valence-electron chi connectivity index (χ4n) is 2.85. The van der Waals surface area contributed by atoms with Crippen molar-refractivity contribution in [3.05, 3.63) is 46.7 Å². The van der Waals surface area contributed by atoms with Crippen LogP contribution in [0, 0.1) is 5.41 Å². The molecule has 2 rings (SSSR count). The van der Waals surface area contributed by atoms with E-state index in [-0.39, 0.29) is 48.2 Å². The Kier molecular flexibility index (Phi) is 6.05. The van der Waals surface area contributed by atoms with Gasteiger partial charge in [-0.25, -0.2) is 0 Å². The molecule has 0 aliphatic heterocycles. The smallest absolute Gasteiger partial charge is 0.549 e. The van der Waals surface area contributed by atoms with Crippen LogP contribution in [-0.2, 0) is 9.59 Å². The van der Waals surface area contributed by atoms with Gasteiger partial charge in [-0.1, -0.05) is 36.7 Å². The minimum absolute atomic E-state index is 0. The van der Waals surface area contributed by atoms with E-state index >= 15 is 0 Å². The molecule has 2 unspecified atom stereocenters. The van der Waals surface area contributed by atoms with Crippen LogP contribution in [0.25, 0.3) is 0 Å². The molecule has 0 saturated carbocycles. The first kappa shape index (κ1) is 18.2. The zero-order valence-corrected chi connectivity index (χ0v) is 14.7. The number of ketones is 1. The van der Waals surface area contributed by atoms with Gasteiger partial charge in [0, 0.05) is 23.4 Å². The normalized spacial score (nSPS) is 25.0. The third-order valence-electron chi connectivity index (χ3n) is 3.96. The van der Waals surface area contributed by atoms with Crippen molar-refractivity contribution in [1.82, 2.24) is 0 Å². The van der Waals surface area contributed by atoms with E-state index in [0.717, 1.165) is 6.08 Å². The SMILES string of the molecule is CCC1(C(=O)[O-])C(O)=CC(=O)CC1c1ccccc1Cl.[Na+]. The first-order valence-electron chi connectivity index (χ1n) is 6.33. The molecule has 106 valence electrons. The number of aliphatic hydroxyl groups is 1. The number of carbonyl (C=O) groups excluding carboxylic acids is 2. The number of benzene rings is 1. The monoisotopic (exact) mass is 316 g/mol. The second kappa shape index (κ2) is 6.97. The van der Waals surface area contributed by atoms with E-state index in [9.17, 15) is 19.8 Å². The Hall–Kier alpha value is -0.810. The molecule has 0 bridgehead atoms. The molecule has 1 aromatic rings. The number of aliphatic carboxylic acids is 1. The average Bonchev–Trinajstić information content (AvgIpc) is 2.38. The molecule has 1 aromatic carbocycles. The van der Waals surface area contributed by atoms with Crippen molar-refractivity contribution in [3.8, 4) is 0 Å². The Bertz CT molecular complexity index is 599. The maximum atomic E-state index is 11.7. The van der Waals surface area contributed by atoms with Crippen molar-refractivity contribution >= 4 is 23.4 Å². The number of carbonyl (C=O) groups is 2. The first-order valence-corrected chi connectivity index (χ1v) is 6.71. The maximum Gasteiger partial charge on any atom is 1.00 e. The molecule has 0 amide bonds. The van der Waals surface area contributed by atoms with Crippen molar-refractivity contribution in [1.29, 1.82) is 0 Å². The topological polar surface area (TPSA) is 77.4 Å². The Balaban J connectivity index is 0.00000220. The van der Waals surface area contributed by atoms with Crippen molar-refractivity contribution in [2.45, 2.75) is 25.7 Å². The van der Waals surface area contributed by atoms with Crippen LogP contribution in [0.3, 0.4) is 0 Å². The predicted molar refractivity (Wildman–Crippen MR) is 72.3 cm³/mol. The number of aliphatic hydroxyl groups excluding tert-OH is 1. The molecule has 21 heavy (non-hydrogen) atoms. The molecule has 4 nitrogen and oxygen atoms in total. The van der Waals surface area contributed by atoms with Gasteiger partial charge in [0.05, 0.1) is 11.4 Å². The molecule has 0 aromatic heterocycles. The first-order chi connectivity index (χ1) is 9.43. The van der Waals surface area contributed by atoms with Crippen LogP contribution in [0.1, 0.15) is 31.2 Å². The Labute approximate surface area is 150 Å². The third-order valence-corrected chi connectivity index (χ3v) is 4.30. The second-order valence-corrected chi connectivity index (χ2v) is 5.29. The van der Waals surface area contributed by atoms with E-state index in [1.807, 2.05) is 0 Å². The number of halogens is 1. The van der Waals surface area contributed by atoms with E-state index in [1.54, 1.807) is 31.2 Å². The van der Waals surface area contributed by atoms with Crippen LogP contribution >= 0.6 is 11.6 Å². The van der Waals surface area contributed by atoms with Crippen molar-refractivity contribution in [2.75, 3.05) is 0 Å². The quantitative estimate of drug-likeness (QED) is 0.725.